The van der Waals surface area contributed by atoms with E-state index < -0.39 is 0 Å². The number of anilines is 1. The van der Waals surface area contributed by atoms with Crippen LogP contribution in [0, 0.1) is 20.8 Å². The smallest absolute Gasteiger partial charge is 0.237 e. The van der Waals surface area contributed by atoms with Crippen LogP contribution in [0.4, 0.5) is 5.69 Å². The van der Waals surface area contributed by atoms with Gasteiger partial charge in [-0.2, -0.15) is 0 Å². The summed E-state index contributed by atoms with van der Waals surface area (Å²) in [5, 5.41) is 12.2. The van der Waals surface area contributed by atoms with Crippen molar-refractivity contribution in [2.75, 3.05) is 5.32 Å². The molecule has 0 saturated carbocycles. The fourth-order valence-corrected chi connectivity index (χ4v) is 4.23. The summed E-state index contributed by atoms with van der Waals surface area (Å²) in [6, 6.07) is 9.92. The van der Waals surface area contributed by atoms with Crippen LogP contribution in [0.1, 0.15) is 30.3 Å². The van der Waals surface area contributed by atoms with Crippen LogP contribution >= 0.6 is 11.8 Å². The minimum absolute atomic E-state index is 0.0306. The summed E-state index contributed by atoms with van der Waals surface area (Å²) >= 11 is 1.43. The number of hydrogen-bond acceptors (Lipinski definition) is 5. The molecule has 0 saturated heterocycles. The number of furan rings is 1. The van der Waals surface area contributed by atoms with Crippen molar-refractivity contribution in [3.63, 3.8) is 0 Å². The summed E-state index contributed by atoms with van der Waals surface area (Å²) in [4.78, 5) is 12.9. The van der Waals surface area contributed by atoms with E-state index in [1.54, 1.807) is 6.26 Å². The van der Waals surface area contributed by atoms with Gasteiger partial charge in [0, 0.05) is 17.8 Å². The molecule has 0 radical (unpaired) electrons. The topological polar surface area (TPSA) is 72.4 Å². The predicted octanol–water partition coefficient (Wildman–Crippen LogP) is 4.91. The van der Waals surface area contributed by atoms with Crippen LogP contribution in [0.3, 0.4) is 0 Å². The second-order valence-corrected chi connectivity index (χ2v) is 8.10. The Morgan fingerprint density at radius 3 is 2.79 bits per heavy atom. The molecule has 6 nitrogen and oxygen atoms in total. The molecule has 0 spiro atoms. The third kappa shape index (κ3) is 3.26. The Morgan fingerprint density at radius 2 is 2.00 bits per heavy atom. The van der Waals surface area contributed by atoms with Gasteiger partial charge in [-0.25, -0.2) is 0 Å². The van der Waals surface area contributed by atoms with Gasteiger partial charge in [0.2, 0.25) is 5.91 Å². The highest BCUT2D eigenvalue weighted by Crippen LogP contribution is 2.32. The lowest BCUT2D eigenvalue weighted by Crippen LogP contribution is -2.25. The zero-order chi connectivity index (χ0) is 19.8. The van der Waals surface area contributed by atoms with Crippen LogP contribution in [0.5, 0.6) is 0 Å². The van der Waals surface area contributed by atoms with Gasteiger partial charge in [-0.3, -0.25) is 9.20 Å². The molecular weight excluding hydrogens is 372 g/mol. The fourth-order valence-electron chi connectivity index (χ4n) is 3.27. The van der Waals surface area contributed by atoms with Gasteiger partial charge in [0.1, 0.15) is 10.9 Å². The third-order valence-electron chi connectivity index (χ3n) is 4.82. The SMILES string of the molecule is CCC(Sc1nnc(C)n2c1cc1occc12)C(=O)Nc1cc(C)ccc1C. The molecular formula is C21H22N4O2S. The average molecular weight is 395 g/mol. The maximum atomic E-state index is 12.9. The molecule has 7 heteroatoms. The highest BCUT2D eigenvalue weighted by molar-refractivity contribution is 8.00. The minimum atomic E-state index is -0.276. The number of fused-ring (bicyclic) bond motifs is 3. The Morgan fingerprint density at radius 1 is 1.18 bits per heavy atom. The van der Waals surface area contributed by atoms with E-state index in [2.05, 4.69) is 15.5 Å². The maximum absolute atomic E-state index is 12.9. The van der Waals surface area contributed by atoms with E-state index in [0.717, 1.165) is 44.3 Å². The number of rotatable bonds is 5. The standard InChI is InChI=1S/C21H22N4O2S/c1-5-19(20(26)22-15-10-12(2)6-7-13(15)3)28-21-17-11-18-16(8-9-27-18)25(17)14(4)23-24-21/h6-11,19H,5H2,1-4H3,(H,22,26). The molecule has 0 aliphatic rings. The largest absolute Gasteiger partial charge is 0.463 e. The van der Waals surface area contributed by atoms with Crippen molar-refractivity contribution >= 4 is 40.0 Å². The first kappa shape index (κ1) is 18.6. The number of hydrogen-bond donors (Lipinski definition) is 1. The molecule has 144 valence electrons. The normalized spacial score (nSPS) is 12.6. The molecule has 0 bridgehead atoms. The molecule has 1 atom stereocenters. The lowest BCUT2D eigenvalue weighted by Gasteiger charge is -2.16. The van der Waals surface area contributed by atoms with Crippen molar-refractivity contribution in [2.24, 2.45) is 0 Å². The number of nitrogens with one attached hydrogen (secondary N) is 1. The van der Waals surface area contributed by atoms with Crippen molar-refractivity contribution in [3.05, 3.63) is 53.5 Å². The van der Waals surface area contributed by atoms with E-state index >= 15 is 0 Å². The van der Waals surface area contributed by atoms with E-state index in [0.29, 0.717) is 6.42 Å². The summed E-state index contributed by atoms with van der Waals surface area (Å²) in [6.45, 7) is 7.92. The molecule has 4 rings (SSSR count). The van der Waals surface area contributed by atoms with E-state index in [1.165, 1.54) is 11.8 Å². The molecule has 3 aromatic heterocycles. The first-order valence-electron chi connectivity index (χ1n) is 9.24. The quantitative estimate of drug-likeness (QED) is 0.487. The Bertz CT molecular complexity index is 1180. The third-order valence-corrected chi connectivity index (χ3v) is 6.17. The highest BCUT2D eigenvalue weighted by atomic mass is 32.2. The summed E-state index contributed by atoms with van der Waals surface area (Å²) < 4.78 is 7.55. The van der Waals surface area contributed by atoms with Gasteiger partial charge in [0.05, 0.1) is 22.5 Å². The van der Waals surface area contributed by atoms with Crippen molar-refractivity contribution in [3.8, 4) is 0 Å². The second kappa shape index (κ2) is 7.31. The van der Waals surface area contributed by atoms with Crippen LogP contribution < -0.4 is 5.32 Å². The number of aromatic nitrogens is 3. The minimum Gasteiger partial charge on any atom is -0.463 e. The Balaban J connectivity index is 1.64. The first-order valence-corrected chi connectivity index (χ1v) is 10.1. The fraction of sp³-hybridized carbons (Fsp3) is 0.286. The van der Waals surface area contributed by atoms with Crippen molar-refractivity contribution in [1.82, 2.24) is 14.6 Å². The number of amides is 1. The van der Waals surface area contributed by atoms with E-state index in [9.17, 15) is 4.79 Å². The van der Waals surface area contributed by atoms with Crippen LogP contribution in [-0.2, 0) is 4.79 Å². The molecule has 1 aromatic carbocycles. The zero-order valence-electron chi connectivity index (χ0n) is 16.3. The summed E-state index contributed by atoms with van der Waals surface area (Å²) in [5.74, 6) is 0.751. The van der Waals surface area contributed by atoms with Crippen molar-refractivity contribution < 1.29 is 9.21 Å². The summed E-state index contributed by atoms with van der Waals surface area (Å²) in [7, 11) is 0. The van der Waals surface area contributed by atoms with Gasteiger partial charge in [-0.05, 0) is 44.4 Å². The Labute approximate surface area is 167 Å². The molecule has 0 aliphatic carbocycles. The molecule has 1 unspecified atom stereocenters. The van der Waals surface area contributed by atoms with Crippen molar-refractivity contribution in [1.29, 1.82) is 0 Å². The van der Waals surface area contributed by atoms with Gasteiger partial charge in [-0.1, -0.05) is 30.8 Å². The molecule has 3 heterocycles. The van der Waals surface area contributed by atoms with Crippen LogP contribution in [0.25, 0.3) is 16.6 Å². The molecule has 0 aliphatic heterocycles. The van der Waals surface area contributed by atoms with Gasteiger partial charge in [0.15, 0.2) is 5.58 Å². The summed E-state index contributed by atoms with van der Waals surface area (Å²) in [6.07, 6.45) is 2.34. The monoisotopic (exact) mass is 394 g/mol. The Kier molecular flexibility index (Phi) is 4.85. The zero-order valence-corrected chi connectivity index (χ0v) is 17.1. The number of carbonyl (C=O) groups excluding carboxylic acids is 1. The number of aryl methyl sites for hydroxylation is 3. The molecule has 0 fully saturated rings. The molecule has 1 amide bonds. The van der Waals surface area contributed by atoms with Gasteiger partial charge in [0.25, 0.3) is 0 Å². The lowest BCUT2D eigenvalue weighted by atomic mass is 10.1. The van der Waals surface area contributed by atoms with Crippen molar-refractivity contribution in [2.45, 2.75) is 44.4 Å². The number of benzene rings is 1. The van der Waals surface area contributed by atoms with Crippen LogP contribution in [-0.4, -0.2) is 25.8 Å². The number of carbonyl (C=O) groups is 1. The molecule has 1 N–H and O–H groups in total. The Hall–Kier alpha value is -2.80. The van der Waals surface area contributed by atoms with Crippen LogP contribution in [0.2, 0.25) is 0 Å². The number of thioether (sulfide) groups is 1. The van der Waals surface area contributed by atoms with E-state index in [1.807, 2.05) is 62.4 Å². The second-order valence-electron chi connectivity index (χ2n) is 6.91. The van der Waals surface area contributed by atoms with Gasteiger partial charge < -0.3 is 9.73 Å². The summed E-state index contributed by atoms with van der Waals surface area (Å²) in [5.41, 5.74) is 5.66. The number of nitrogens with zero attached hydrogens (tertiary/aromatic N) is 3. The predicted molar refractivity (Wildman–Crippen MR) is 112 cm³/mol. The highest BCUT2D eigenvalue weighted by Gasteiger charge is 2.22. The lowest BCUT2D eigenvalue weighted by molar-refractivity contribution is -0.115. The van der Waals surface area contributed by atoms with E-state index in [-0.39, 0.29) is 11.2 Å². The van der Waals surface area contributed by atoms with Gasteiger partial charge in [-0.15, -0.1) is 10.2 Å². The van der Waals surface area contributed by atoms with Crippen LogP contribution in [0.15, 0.2) is 46.0 Å². The molecule has 28 heavy (non-hydrogen) atoms. The molecule has 4 aromatic rings. The van der Waals surface area contributed by atoms with Gasteiger partial charge >= 0.3 is 0 Å². The first-order chi connectivity index (χ1) is 13.5. The maximum Gasteiger partial charge on any atom is 0.237 e. The van der Waals surface area contributed by atoms with E-state index in [4.69, 9.17) is 4.42 Å². The average Bonchev–Trinajstić information content (AvgIpc) is 3.25.